The van der Waals surface area contributed by atoms with E-state index in [1.807, 2.05) is 31.2 Å². The van der Waals surface area contributed by atoms with Crippen molar-refractivity contribution in [1.29, 1.82) is 0 Å². The van der Waals surface area contributed by atoms with Gasteiger partial charge in [-0.15, -0.1) is 0 Å². The third-order valence-corrected chi connectivity index (χ3v) is 4.13. The van der Waals surface area contributed by atoms with E-state index in [1.165, 1.54) is 0 Å². The molecule has 8 nitrogen and oxygen atoms in total. The zero-order valence-corrected chi connectivity index (χ0v) is 16.0. The number of carbonyl (C=O) groups excluding carboxylic acids is 3. The van der Waals surface area contributed by atoms with Gasteiger partial charge in [0.1, 0.15) is 23.3 Å². The Kier molecular flexibility index (Phi) is 6.67. The largest absolute Gasteiger partial charge is 0.494 e. The molecule has 1 saturated heterocycles. The number of benzene rings is 2. The topological polar surface area (TPSA) is 103 Å². The minimum Gasteiger partial charge on any atom is -0.494 e. The first kappa shape index (κ1) is 20.2. The summed E-state index contributed by atoms with van der Waals surface area (Å²) in [6.45, 7) is 2.10. The van der Waals surface area contributed by atoms with Crippen molar-refractivity contribution >= 4 is 23.5 Å². The van der Waals surface area contributed by atoms with Gasteiger partial charge in [0, 0.05) is 12.1 Å². The summed E-state index contributed by atoms with van der Waals surface area (Å²) >= 11 is 0. The number of rotatable bonds is 8. The van der Waals surface area contributed by atoms with Gasteiger partial charge < -0.3 is 24.8 Å². The number of hydrogen-bond donors (Lipinski definition) is 2. The summed E-state index contributed by atoms with van der Waals surface area (Å²) in [5.41, 5.74) is 0.541. The summed E-state index contributed by atoms with van der Waals surface area (Å²) in [5.74, 6) is 0.776. The van der Waals surface area contributed by atoms with E-state index in [1.54, 1.807) is 24.3 Å². The van der Waals surface area contributed by atoms with E-state index in [4.69, 9.17) is 14.2 Å². The highest BCUT2D eigenvalue weighted by molar-refractivity contribution is 5.94. The third-order valence-electron chi connectivity index (χ3n) is 4.13. The van der Waals surface area contributed by atoms with Crippen molar-refractivity contribution in [3.8, 4) is 17.2 Å². The van der Waals surface area contributed by atoms with Gasteiger partial charge in [0.15, 0.2) is 6.61 Å². The molecule has 29 heavy (non-hydrogen) atoms. The molecule has 2 aromatic carbocycles. The first-order chi connectivity index (χ1) is 14.0. The lowest BCUT2D eigenvalue weighted by atomic mass is 10.2. The number of esters is 1. The molecule has 1 heterocycles. The van der Waals surface area contributed by atoms with E-state index < -0.39 is 24.5 Å². The Morgan fingerprint density at radius 1 is 1.03 bits per heavy atom. The fourth-order valence-corrected chi connectivity index (χ4v) is 2.74. The Morgan fingerprint density at radius 3 is 2.24 bits per heavy atom. The summed E-state index contributed by atoms with van der Waals surface area (Å²) in [5, 5.41) is 5.13. The molecule has 8 heteroatoms. The second kappa shape index (κ2) is 9.59. The molecule has 0 spiro atoms. The Bertz CT molecular complexity index is 864. The minimum atomic E-state index is -0.672. The minimum absolute atomic E-state index is 0.191. The van der Waals surface area contributed by atoms with Crippen molar-refractivity contribution in [2.75, 3.05) is 18.5 Å². The standard InChI is InChI=1S/C21H22N2O6/c1-2-27-15-7-9-17(10-8-15)29-16-5-3-14(4-6-16)22-20(25)13-28-21(26)18-11-12-19(24)23-18/h3-10,18H,2,11-13H2,1H3,(H,22,25)(H,23,24)/t18-/m1/s1. The molecular weight excluding hydrogens is 376 g/mol. The van der Waals surface area contributed by atoms with Crippen LogP contribution in [0, 0.1) is 0 Å². The van der Waals surface area contributed by atoms with Crippen LogP contribution in [0.5, 0.6) is 17.2 Å². The molecule has 2 amide bonds. The lowest BCUT2D eigenvalue weighted by molar-refractivity contribution is -0.149. The van der Waals surface area contributed by atoms with Crippen LogP contribution in [0.25, 0.3) is 0 Å². The molecular formula is C21H22N2O6. The maximum absolute atomic E-state index is 11.9. The molecule has 0 aromatic heterocycles. The molecule has 2 aromatic rings. The second-order valence-electron chi connectivity index (χ2n) is 6.35. The molecule has 152 valence electrons. The van der Waals surface area contributed by atoms with Gasteiger partial charge in [0.25, 0.3) is 5.91 Å². The molecule has 2 N–H and O–H groups in total. The van der Waals surface area contributed by atoms with E-state index >= 15 is 0 Å². The monoisotopic (exact) mass is 398 g/mol. The smallest absolute Gasteiger partial charge is 0.329 e. The molecule has 0 aliphatic carbocycles. The van der Waals surface area contributed by atoms with Gasteiger partial charge in [-0.2, -0.15) is 0 Å². The van der Waals surface area contributed by atoms with Gasteiger partial charge >= 0.3 is 5.97 Å². The molecule has 0 saturated carbocycles. The van der Waals surface area contributed by atoms with Crippen LogP contribution in [-0.4, -0.2) is 37.0 Å². The van der Waals surface area contributed by atoms with Crippen LogP contribution in [0.2, 0.25) is 0 Å². The number of nitrogens with one attached hydrogen (secondary N) is 2. The van der Waals surface area contributed by atoms with Gasteiger partial charge in [0.2, 0.25) is 5.91 Å². The maximum Gasteiger partial charge on any atom is 0.329 e. The van der Waals surface area contributed by atoms with Crippen LogP contribution in [-0.2, 0) is 19.1 Å². The number of carbonyl (C=O) groups is 3. The number of amides is 2. The molecule has 0 radical (unpaired) electrons. The van der Waals surface area contributed by atoms with E-state index in [9.17, 15) is 14.4 Å². The van der Waals surface area contributed by atoms with Crippen LogP contribution in [0.1, 0.15) is 19.8 Å². The van der Waals surface area contributed by atoms with Crippen molar-refractivity contribution in [3.05, 3.63) is 48.5 Å². The van der Waals surface area contributed by atoms with Crippen LogP contribution < -0.4 is 20.1 Å². The average Bonchev–Trinajstić information content (AvgIpc) is 3.16. The quantitative estimate of drug-likeness (QED) is 0.663. The maximum atomic E-state index is 11.9. The predicted molar refractivity (Wildman–Crippen MR) is 105 cm³/mol. The second-order valence-corrected chi connectivity index (χ2v) is 6.35. The zero-order valence-electron chi connectivity index (χ0n) is 16.0. The van der Waals surface area contributed by atoms with Crippen molar-refractivity contribution < 1.29 is 28.6 Å². The van der Waals surface area contributed by atoms with Crippen LogP contribution in [0.3, 0.4) is 0 Å². The molecule has 1 aliphatic heterocycles. The van der Waals surface area contributed by atoms with Gasteiger partial charge in [-0.3, -0.25) is 9.59 Å². The number of hydrogen-bond acceptors (Lipinski definition) is 6. The summed E-state index contributed by atoms with van der Waals surface area (Å²) < 4.78 is 16.1. The van der Waals surface area contributed by atoms with Crippen molar-refractivity contribution in [1.82, 2.24) is 5.32 Å². The lowest BCUT2D eigenvalue weighted by Crippen LogP contribution is -2.36. The molecule has 3 rings (SSSR count). The van der Waals surface area contributed by atoms with E-state index in [2.05, 4.69) is 10.6 Å². The number of ether oxygens (including phenoxy) is 3. The zero-order chi connectivity index (χ0) is 20.6. The number of anilines is 1. The first-order valence-corrected chi connectivity index (χ1v) is 9.30. The normalized spacial score (nSPS) is 15.3. The third kappa shape index (κ3) is 5.97. The molecule has 1 atom stereocenters. The Balaban J connectivity index is 1.45. The van der Waals surface area contributed by atoms with Crippen molar-refractivity contribution in [3.63, 3.8) is 0 Å². The highest BCUT2D eigenvalue weighted by Crippen LogP contribution is 2.25. The summed E-state index contributed by atoms with van der Waals surface area (Å²) in [6, 6.07) is 13.4. The van der Waals surface area contributed by atoms with E-state index in [-0.39, 0.29) is 12.3 Å². The Morgan fingerprint density at radius 2 is 1.66 bits per heavy atom. The van der Waals surface area contributed by atoms with Crippen LogP contribution in [0.4, 0.5) is 5.69 Å². The summed E-state index contributed by atoms with van der Waals surface area (Å²) in [7, 11) is 0. The SMILES string of the molecule is CCOc1ccc(Oc2ccc(NC(=O)COC(=O)[C@H]3CCC(=O)N3)cc2)cc1. The predicted octanol–water partition coefficient (Wildman–Crippen LogP) is 2.64. The van der Waals surface area contributed by atoms with E-state index in [0.717, 1.165) is 5.75 Å². The fourth-order valence-electron chi connectivity index (χ4n) is 2.74. The molecule has 0 unspecified atom stereocenters. The molecule has 1 aliphatic rings. The van der Waals surface area contributed by atoms with Gasteiger partial charge in [-0.1, -0.05) is 0 Å². The highest BCUT2D eigenvalue weighted by atomic mass is 16.5. The van der Waals surface area contributed by atoms with E-state index in [0.29, 0.717) is 30.2 Å². The molecule has 1 fully saturated rings. The van der Waals surface area contributed by atoms with Crippen LogP contribution >= 0.6 is 0 Å². The first-order valence-electron chi connectivity index (χ1n) is 9.30. The van der Waals surface area contributed by atoms with Crippen LogP contribution in [0.15, 0.2) is 48.5 Å². The fraction of sp³-hybridized carbons (Fsp3) is 0.286. The Hall–Kier alpha value is -3.55. The lowest BCUT2D eigenvalue weighted by Gasteiger charge is -2.11. The summed E-state index contributed by atoms with van der Waals surface area (Å²) in [6.07, 6.45) is 0.673. The summed E-state index contributed by atoms with van der Waals surface area (Å²) in [4.78, 5) is 34.8. The van der Waals surface area contributed by atoms with Gasteiger partial charge in [0.05, 0.1) is 6.61 Å². The van der Waals surface area contributed by atoms with Crippen molar-refractivity contribution in [2.45, 2.75) is 25.8 Å². The average molecular weight is 398 g/mol. The van der Waals surface area contributed by atoms with Gasteiger partial charge in [-0.25, -0.2) is 4.79 Å². The van der Waals surface area contributed by atoms with Crippen molar-refractivity contribution in [2.24, 2.45) is 0 Å². The molecule has 0 bridgehead atoms. The highest BCUT2D eigenvalue weighted by Gasteiger charge is 2.28. The van der Waals surface area contributed by atoms with Gasteiger partial charge in [-0.05, 0) is 61.9 Å². The Labute approximate surface area is 168 Å².